The lowest BCUT2D eigenvalue weighted by Gasteiger charge is -2.35. The Morgan fingerprint density at radius 1 is 1.09 bits per heavy atom. The smallest absolute Gasteiger partial charge is 0.243 e. The molecule has 1 saturated carbocycles. The van der Waals surface area contributed by atoms with Crippen molar-refractivity contribution in [2.24, 2.45) is 0 Å². The van der Waals surface area contributed by atoms with E-state index in [4.69, 9.17) is 4.52 Å². The molecule has 1 aliphatic carbocycles. The van der Waals surface area contributed by atoms with Gasteiger partial charge in [0.2, 0.25) is 21.8 Å². The van der Waals surface area contributed by atoms with Crippen LogP contribution >= 0.6 is 0 Å². The summed E-state index contributed by atoms with van der Waals surface area (Å²) < 4.78 is 32.7. The summed E-state index contributed by atoms with van der Waals surface area (Å²) in [4.78, 5) is 19.3. The quantitative estimate of drug-likeness (QED) is 0.700. The van der Waals surface area contributed by atoms with Gasteiger partial charge in [0, 0.05) is 33.1 Å². The minimum absolute atomic E-state index is 0.0419. The third-order valence-corrected chi connectivity index (χ3v) is 8.59. The van der Waals surface area contributed by atoms with Crippen LogP contribution in [0.3, 0.4) is 0 Å². The summed E-state index contributed by atoms with van der Waals surface area (Å²) in [5.74, 6) is 1.09. The maximum absolute atomic E-state index is 13.0. The molecule has 0 unspecified atom stereocenters. The molecule has 0 bridgehead atoms. The molecule has 2 fully saturated rings. The molecule has 0 atom stereocenters. The van der Waals surface area contributed by atoms with Gasteiger partial charge in [-0.2, -0.15) is 9.29 Å². The molecule has 10 heteroatoms. The predicted molar refractivity (Wildman–Crippen MR) is 118 cm³/mol. The summed E-state index contributed by atoms with van der Waals surface area (Å²) in [6.45, 7) is 7.11. The van der Waals surface area contributed by atoms with Crippen LogP contribution < -0.4 is 5.32 Å². The largest absolute Gasteiger partial charge is 0.340 e. The molecule has 9 nitrogen and oxygen atoms in total. The maximum Gasteiger partial charge on any atom is 0.243 e. The highest BCUT2D eigenvalue weighted by Gasteiger charge is 2.40. The van der Waals surface area contributed by atoms with E-state index in [1.54, 1.807) is 24.0 Å². The lowest BCUT2D eigenvalue weighted by Crippen LogP contribution is -2.54. The first-order valence-electron chi connectivity index (χ1n) is 11.1. The highest BCUT2D eigenvalue weighted by molar-refractivity contribution is 7.89. The zero-order chi connectivity index (χ0) is 22.9. The molecule has 1 N–H and O–H groups in total. The highest BCUT2D eigenvalue weighted by Crippen LogP contribution is 2.37. The summed E-state index contributed by atoms with van der Waals surface area (Å²) in [5.41, 5.74) is 1.58. The Morgan fingerprint density at radius 3 is 2.38 bits per heavy atom. The average Bonchev–Trinajstić information content (AvgIpc) is 3.44. The molecule has 0 radical (unpaired) electrons. The third kappa shape index (κ3) is 4.44. The molecule has 1 saturated heterocycles. The second kappa shape index (κ2) is 8.92. The number of nitrogens with zero attached hydrogens (tertiary/aromatic N) is 4. The summed E-state index contributed by atoms with van der Waals surface area (Å²) >= 11 is 0. The van der Waals surface area contributed by atoms with Crippen molar-refractivity contribution in [3.05, 3.63) is 41.0 Å². The van der Waals surface area contributed by atoms with Crippen molar-refractivity contribution in [3.63, 3.8) is 0 Å². The van der Waals surface area contributed by atoms with Crippen molar-refractivity contribution in [1.29, 1.82) is 0 Å². The highest BCUT2D eigenvalue weighted by atomic mass is 32.2. The van der Waals surface area contributed by atoms with Gasteiger partial charge in [-0.05, 0) is 49.9 Å². The first-order valence-corrected chi connectivity index (χ1v) is 12.6. The number of sulfonamides is 1. The van der Waals surface area contributed by atoms with Crippen molar-refractivity contribution in [3.8, 4) is 0 Å². The molecule has 0 spiro atoms. The van der Waals surface area contributed by atoms with Gasteiger partial charge in [-0.3, -0.25) is 10.1 Å². The van der Waals surface area contributed by atoms with Crippen LogP contribution in [0.25, 0.3) is 0 Å². The number of carbonyl (C=O) groups excluding carboxylic acids is 1. The minimum Gasteiger partial charge on any atom is -0.340 e. The van der Waals surface area contributed by atoms with E-state index in [1.807, 2.05) is 19.9 Å². The van der Waals surface area contributed by atoms with E-state index in [0.29, 0.717) is 29.7 Å². The second-order valence-corrected chi connectivity index (χ2v) is 10.7. The van der Waals surface area contributed by atoms with Gasteiger partial charge in [0.15, 0.2) is 5.82 Å². The minimum atomic E-state index is -3.57. The zero-order valence-electron chi connectivity index (χ0n) is 18.9. The standard InChI is InChI=1S/C22H31N5O4S/c1-16-6-7-19(14-17(16)2)32(29,30)27-12-10-26(11-13-27)20(28)15-23-22(8-4-5-9-22)21-24-18(3)31-25-21/h6-7,14,23H,4-5,8-13,15H2,1-3H3. The van der Waals surface area contributed by atoms with Gasteiger partial charge in [-0.15, -0.1) is 0 Å². The monoisotopic (exact) mass is 461 g/mol. The molecule has 1 amide bonds. The topological polar surface area (TPSA) is 109 Å². The first kappa shape index (κ1) is 22.9. The number of aryl methyl sites for hydroxylation is 3. The van der Waals surface area contributed by atoms with Crippen LogP contribution in [0.4, 0.5) is 0 Å². The van der Waals surface area contributed by atoms with E-state index in [-0.39, 0.29) is 25.5 Å². The van der Waals surface area contributed by atoms with Gasteiger partial charge in [0.1, 0.15) is 0 Å². The van der Waals surface area contributed by atoms with E-state index in [0.717, 1.165) is 36.8 Å². The number of piperazine rings is 1. The number of aromatic nitrogens is 2. The number of carbonyl (C=O) groups is 1. The Bertz CT molecular complexity index is 1080. The molecule has 1 aromatic heterocycles. The van der Waals surface area contributed by atoms with E-state index in [1.165, 1.54) is 4.31 Å². The van der Waals surface area contributed by atoms with Gasteiger partial charge in [-0.25, -0.2) is 8.42 Å². The lowest BCUT2D eigenvalue weighted by molar-refractivity contribution is -0.131. The van der Waals surface area contributed by atoms with E-state index in [9.17, 15) is 13.2 Å². The Morgan fingerprint density at radius 2 is 1.78 bits per heavy atom. The van der Waals surface area contributed by atoms with Crippen molar-refractivity contribution in [1.82, 2.24) is 24.7 Å². The fourth-order valence-electron chi connectivity index (χ4n) is 4.51. The molecule has 2 aliphatic rings. The third-order valence-electron chi connectivity index (χ3n) is 6.70. The van der Waals surface area contributed by atoms with Gasteiger partial charge in [0.05, 0.1) is 17.0 Å². The Balaban J connectivity index is 1.36. The van der Waals surface area contributed by atoms with Crippen molar-refractivity contribution in [2.75, 3.05) is 32.7 Å². The lowest BCUT2D eigenvalue weighted by atomic mass is 9.96. The summed E-state index contributed by atoms with van der Waals surface area (Å²) in [7, 11) is -3.57. The van der Waals surface area contributed by atoms with Crippen molar-refractivity contribution < 1.29 is 17.7 Å². The van der Waals surface area contributed by atoms with Crippen LogP contribution in [0.2, 0.25) is 0 Å². The average molecular weight is 462 g/mol. The molecule has 2 aromatic rings. The van der Waals surface area contributed by atoms with Crippen molar-refractivity contribution in [2.45, 2.75) is 56.9 Å². The Labute approximate surface area is 189 Å². The van der Waals surface area contributed by atoms with Crippen LogP contribution in [0.15, 0.2) is 27.6 Å². The SMILES string of the molecule is Cc1nc(C2(NCC(=O)N3CCN(S(=O)(=O)c4ccc(C)c(C)c4)CC3)CCCC2)no1. The van der Waals surface area contributed by atoms with Gasteiger partial charge in [0.25, 0.3) is 0 Å². The number of rotatable bonds is 6. The molecular formula is C22H31N5O4S. The zero-order valence-corrected chi connectivity index (χ0v) is 19.7. The Kier molecular flexibility index (Phi) is 6.37. The molecule has 174 valence electrons. The van der Waals surface area contributed by atoms with Crippen LogP contribution in [-0.4, -0.2) is 66.4 Å². The maximum atomic E-state index is 13.0. The fourth-order valence-corrected chi connectivity index (χ4v) is 6.02. The van der Waals surface area contributed by atoms with Crippen LogP contribution in [0.1, 0.15) is 48.5 Å². The van der Waals surface area contributed by atoms with E-state index >= 15 is 0 Å². The summed E-state index contributed by atoms with van der Waals surface area (Å²) in [6.07, 6.45) is 3.82. The number of hydrogen-bond donors (Lipinski definition) is 1. The first-order chi connectivity index (χ1) is 15.2. The van der Waals surface area contributed by atoms with Crippen LogP contribution in [-0.2, 0) is 20.4 Å². The Hall–Kier alpha value is -2.30. The number of amides is 1. The normalized spacial score (nSPS) is 19.4. The molecular weight excluding hydrogens is 430 g/mol. The molecule has 1 aromatic carbocycles. The van der Waals surface area contributed by atoms with Gasteiger partial charge < -0.3 is 9.42 Å². The summed E-state index contributed by atoms with van der Waals surface area (Å²) in [5, 5.41) is 7.48. The number of benzene rings is 1. The van der Waals surface area contributed by atoms with Crippen LogP contribution in [0, 0.1) is 20.8 Å². The predicted octanol–water partition coefficient (Wildman–Crippen LogP) is 1.89. The fraction of sp³-hybridized carbons (Fsp3) is 0.591. The number of hydrogen-bond acceptors (Lipinski definition) is 7. The molecule has 32 heavy (non-hydrogen) atoms. The van der Waals surface area contributed by atoms with E-state index < -0.39 is 15.6 Å². The molecule has 2 heterocycles. The van der Waals surface area contributed by atoms with E-state index in [2.05, 4.69) is 15.5 Å². The second-order valence-electron chi connectivity index (χ2n) is 8.81. The van der Waals surface area contributed by atoms with Gasteiger partial charge >= 0.3 is 0 Å². The number of nitrogens with one attached hydrogen (secondary N) is 1. The van der Waals surface area contributed by atoms with Crippen LogP contribution in [0.5, 0.6) is 0 Å². The summed E-state index contributed by atoms with van der Waals surface area (Å²) in [6, 6.07) is 5.20. The molecule has 4 rings (SSSR count). The molecule has 1 aliphatic heterocycles. The van der Waals surface area contributed by atoms with Gasteiger partial charge in [-0.1, -0.05) is 24.1 Å². The van der Waals surface area contributed by atoms with Crippen molar-refractivity contribution >= 4 is 15.9 Å².